The lowest BCUT2D eigenvalue weighted by Gasteiger charge is -2.21. The molecular formula is C30H26F3N5O6S. The fourth-order valence-electron chi connectivity index (χ4n) is 5.00. The third-order valence-corrected chi connectivity index (χ3v) is 8.01. The number of methoxy groups -OCH3 is 1. The van der Waals surface area contributed by atoms with Crippen molar-refractivity contribution in [3.63, 3.8) is 0 Å². The van der Waals surface area contributed by atoms with Crippen molar-refractivity contribution in [2.45, 2.75) is 37.9 Å². The first-order valence-electron chi connectivity index (χ1n) is 13.7. The molecule has 2 atom stereocenters. The maximum Gasteiger partial charge on any atom is 0.412 e. The number of benzene rings is 2. The first kappa shape index (κ1) is 30.3. The Bertz CT molecular complexity index is 1870. The lowest BCUT2D eigenvalue weighted by Crippen LogP contribution is -2.32. The van der Waals surface area contributed by atoms with Crippen molar-refractivity contribution in [3.05, 3.63) is 60.3 Å². The first-order valence-corrected chi connectivity index (χ1v) is 14.5. The molecule has 0 radical (unpaired) electrons. The largest absolute Gasteiger partial charge is 0.495 e. The number of aryl methyl sites for hydroxylation is 1. The van der Waals surface area contributed by atoms with Crippen molar-refractivity contribution < 1.29 is 42.0 Å². The SMILES string of the molecule is COc1cnc2c(-c3nc4cc(F)c(O[C@H]5CC(F)(F)C[C@H]5OC(=O)Nc5cnc(OCCO)nc5)cc4s3)cc(C)cc2c1. The highest BCUT2D eigenvalue weighted by molar-refractivity contribution is 7.21. The molecule has 1 fully saturated rings. The highest BCUT2D eigenvalue weighted by atomic mass is 32.1. The minimum absolute atomic E-state index is 0.0127. The Balaban J connectivity index is 1.21. The van der Waals surface area contributed by atoms with Crippen LogP contribution in [0.1, 0.15) is 18.4 Å². The maximum absolute atomic E-state index is 15.2. The van der Waals surface area contributed by atoms with Crippen molar-refractivity contribution in [2.24, 2.45) is 0 Å². The van der Waals surface area contributed by atoms with Gasteiger partial charge in [0, 0.05) is 23.1 Å². The van der Waals surface area contributed by atoms with E-state index in [9.17, 15) is 13.6 Å². The molecule has 6 rings (SSSR count). The zero-order chi connectivity index (χ0) is 31.7. The monoisotopic (exact) mass is 641 g/mol. The predicted octanol–water partition coefficient (Wildman–Crippen LogP) is 5.92. The summed E-state index contributed by atoms with van der Waals surface area (Å²) in [5, 5.41) is 12.6. The molecule has 0 saturated heterocycles. The Kier molecular flexibility index (Phi) is 8.29. The van der Waals surface area contributed by atoms with Gasteiger partial charge in [-0.15, -0.1) is 11.3 Å². The lowest BCUT2D eigenvalue weighted by atomic mass is 10.1. The average Bonchev–Trinajstić information content (AvgIpc) is 3.54. The van der Waals surface area contributed by atoms with Crippen LogP contribution in [-0.2, 0) is 4.74 Å². The van der Waals surface area contributed by atoms with E-state index in [0.717, 1.165) is 16.5 Å². The molecule has 11 nitrogen and oxygen atoms in total. The Labute approximate surface area is 258 Å². The van der Waals surface area contributed by atoms with Crippen LogP contribution in [0.5, 0.6) is 17.5 Å². The number of amides is 1. The van der Waals surface area contributed by atoms with Crippen LogP contribution in [-0.4, -0.2) is 69.6 Å². The molecule has 3 aromatic heterocycles. The predicted molar refractivity (Wildman–Crippen MR) is 159 cm³/mol. The van der Waals surface area contributed by atoms with Gasteiger partial charge in [0.15, 0.2) is 11.6 Å². The van der Waals surface area contributed by atoms with E-state index in [2.05, 4.69) is 25.3 Å². The van der Waals surface area contributed by atoms with Gasteiger partial charge in [-0.3, -0.25) is 10.3 Å². The van der Waals surface area contributed by atoms with E-state index < -0.39 is 42.9 Å². The van der Waals surface area contributed by atoms with Crippen LogP contribution in [0.2, 0.25) is 0 Å². The molecule has 2 N–H and O–H groups in total. The number of halogens is 3. The van der Waals surface area contributed by atoms with Crippen molar-refractivity contribution in [1.29, 1.82) is 0 Å². The van der Waals surface area contributed by atoms with E-state index in [4.69, 9.17) is 24.1 Å². The normalized spacial score (nSPS) is 17.4. The van der Waals surface area contributed by atoms with Crippen LogP contribution >= 0.6 is 11.3 Å². The average molecular weight is 642 g/mol. The lowest BCUT2D eigenvalue weighted by molar-refractivity contribution is -0.00574. The van der Waals surface area contributed by atoms with Gasteiger partial charge in [0.05, 0.1) is 66.6 Å². The van der Waals surface area contributed by atoms with E-state index in [1.807, 2.05) is 25.1 Å². The number of nitrogens with one attached hydrogen (secondary N) is 1. The molecular weight excluding hydrogens is 615 g/mol. The second kappa shape index (κ2) is 12.3. The summed E-state index contributed by atoms with van der Waals surface area (Å²) in [5.74, 6) is -3.66. The number of ether oxygens (including phenoxy) is 4. The molecule has 1 aliphatic rings. The molecule has 0 aliphatic heterocycles. The zero-order valence-corrected chi connectivity index (χ0v) is 24.7. The minimum Gasteiger partial charge on any atom is -0.495 e. The second-order valence-corrected chi connectivity index (χ2v) is 11.4. The van der Waals surface area contributed by atoms with Crippen molar-refractivity contribution >= 4 is 44.2 Å². The third kappa shape index (κ3) is 6.68. The van der Waals surface area contributed by atoms with E-state index in [-0.39, 0.29) is 30.7 Å². The standard InChI is InChI=1S/C30H26F3N5O6S/c1-15-5-16-7-18(41-2)14-34-26(16)19(6-15)27-38-21-8-20(31)22(9-25(21)45-27)43-23-10-30(32,33)11-24(23)44-29(40)37-17-12-35-28(36-13-17)42-4-3-39/h5-9,12-14,23-24,39H,3-4,10-11H2,1-2H3,(H,37,40)/t23-,24+/m0/s1. The number of anilines is 1. The molecule has 0 unspecified atom stereocenters. The number of aromatic nitrogens is 4. The molecule has 234 valence electrons. The smallest absolute Gasteiger partial charge is 0.412 e. The number of hydrogen-bond donors (Lipinski definition) is 2. The number of hydrogen-bond acceptors (Lipinski definition) is 11. The number of nitrogens with zero attached hydrogens (tertiary/aromatic N) is 4. The van der Waals surface area contributed by atoms with E-state index in [0.29, 0.717) is 26.5 Å². The summed E-state index contributed by atoms with van der Waals surface area (Å²) in [5.41, 5.74) is 2.90. The quantitative estimate of drug-likeness (QED) is 0.199. The number of aliphatic hydroxyl groups is 1. The molecule has 5 aromatic rings. The molecule has 1 aliphatic carbocycles. The first-order chi connectivity index (χ1) is 21.6. The number of carbonyl (C=O) groups excluding carboxylic acids is 1. The topological polar surface area (TPSA) is 138 Å². The van der Waals surface area contributed by atoms with Crippen LogP contribution in [0, 0.1) is 12.7 Å². The molecule has 15 heteroatoms. The van der Waals surface area contributed by atoms with Crippen LogP contribution in [0.15, 0.2) is 48.9 Å². The van der Waals surface area contributed by atoms with Gasteiger partial charge in [0.2, 0.25) is 0 Å². The highest BCUT2D eigenvalue weighted by Crippen LogP contribution is 2.41. The number of thiazole rings is 1. The minimum atomic E-state index is -3.20. The van der Waals surface area contributed by atoms with Gasteiger partial charge in [0.1, 0.15) is 29.6 Å². The van der Waals surface area contributed by atoms with Gasteiger partial charge < -0.3 is 24.1 Å². The summed E-state index contributed by atoms with van der Waals surface area (Å²) in [6.45, 7) is 1.70. The van der Waals surface area contributed by atoms with E-state index >= 15 is 4.39 Å². The van der Waals surface area contributed by atoms with Crippen molar-refractivity contribution in [3.8, 4) is 28.1 Å². The van der Waals surface area contributed by atoms with Gasteiger partial charge in [-0.05, 0) is 30.7 Å². The number of fused-ring (bicyclic) bond motifs is 2. The van der Waals surface area contributed by atoms with Crippen LogP contribution in [0.4, 0.5) is 23.7 Å². The van der Waals surface area contributed by atoms with Crippen molar-refractivity contribution in [2.75, 3.05) is 25.6 Å². The summed E-state index contributed by atoms with van der Waals surface area (Å²) >= 11 is 1.28. The molecule has 1 amide bonds. The molecule has 0 bridgehead atoms. The zero-order valence-electron chi connectivity index (χ0n) is 23.9. The maximum atomic E-state index is 15.2. The summed E-state index contributed by atoms with van der Waals surface area (Å²) in [4.78, 5) is 29.4. The van der Waals surface area contributed by atoms with Gasteiger partial charge in [-0.1, -0.05) is 0 Å². The number of pyridine rings is 1. The van der Waals surface area contributed by atoms with Gasteiger partial charge in [-0.2, -0.15) is 0 Å². The van der Waals surface area contributed by atoms with E-state index in [1.54, 1.807) is 13.3 Å². The van der Waals surface area contributed by atoms with Crippen LogP contribution < -0.4 is 19.5 Å². The molecule has 3 heterocycles. The third-order valence-electron chi connectivity index (χ3n) is 6.96. The molecule has 1 saturated carbocycles. The van der Waals surface area contributed by atoms with Crippen molar-refractivity contribution in [1.82, 2.24) is 19.9 Å². The summed E-state index contributed by atoms with van der Waals surface area (Å²) < 4.78 is 66.1. The molecule has 0 spiro atoms. The summed E-state index contributed by atoms with van der Waals surface area (Å²) in [6.07, 6.45) is -1.27. The number of rotatable bonds is 9. The van der Waals surface area contributed by atoms with Gasteiger partial charge in [0.25, 0.3) is 5.92 Å². The fraction of sp³-hybridized carbons (Fsp3) is 0.300. The van der Waals surface area contributed by atoms with Crippen LogP contribution in [0.3, 0.4) is 0 Å². The highest BCUT2D eigenvalue weighted by Gasteiger charge is 2.50. The summed E-state index contributed by atoms with van der Waals surface area (Å²) in [7, 11) is 1.56. The Morgan fingerprint density at radius 1 is 1.09 bits per heavy atom. The number of aliphatic hydroxyl groups excluding tert-OH is 1. The molecule has 2 aromatic carbocycles. The van der Waals surface area contributed by atoms with Gasteiger partial charge >= 0.3 is 12.1 Å². The second-order valence-electron chi connectivity index (χ2n) is 10.3. The van der Waals surface area contributed by atoms with Gasteiger partial charge in [-0.25, -0.2) is 32.9 Å². The summed E-state index contributed by atoms with van der Waals surface area (Å²) in [6, 6.07) is 8.35. The number of alkyl halides is 2. The Hall–Kier alpha value is -4.76. The van der Waals surface area contributed by atoms with E-state index in [1.165, 1.54) is 35.9 Å². The molecule has 45 heavy (non-hydrogen) atoms. The number of carbonyl (C=O) groups is 1. The van der Waals surface area contributed by atoms with Crippen LogP contribution in [0.25, 0.3) is 31.7 Å². The Morgan fingerprint density at radius 2 is 1.87 bits per heavy atom. The fourth-order valence-corrected chi connectivity index (χ4v) is 5.99. The Morgan fingerprint density at radius 3 is 2.62 bits per heavy atom.